The molecule has 0 bridgehead atoms. The Balaban J connectivity index is 0.00000372. The fourth-order valence-corrected chi connectivity index (χ4v) is 7.02. The molecule has 0 unspecified atom stereocenters. The van der Waals surface area contributed by atoms with Gasteiger partial charge in [-0.25, -0.2) is 4.98 Å². The van der Waals surface area contributed by atoms with Crippen molar-refractivity contribution in [3.63, 3.8) is 0 Å². The zero-order valence-electron chi connectivity index (χ0n) is 27.2. The van der Waals surface area contributed by atoms with E-state index in [4.69, 9.17) is 9.97 Å². The molecule has 3 heterocycles. The van der Waals surface area contributed by atoms with E-state index in [9.17, 15) is 5.11 Å². The van der Waals surface area contributed by atoms with Crippen LogP contribution in [0.5, 0.6) is 5.75 Å². The van der Waals surface area contributed by atoms with Gasteiger partial charge in [-0.3, -0.25) is 4.98 Å². The number of phenols is 1. The number of benzene rings is 4. The Bertz CT molecular complexity index is 2110. The Morgan fingerprint density at radius 2 is 1.54 bits per heavy atom. The molecule has 0 amide bonds. The molecule has 234 valence electrons. The molecular formula is C40H37N4OPt-. The second-order valence-corrected chi connectivity index (χ2v) is 12.9. The van der Waals surface area contributed by atoms with Gasteiger partial charge in [0.2, 0.25) is 0 Å². The number of aromatic hydroxyl groups is 1. The fraction of sp³-hybridized carbons (Fsp3) is 0.200. The van der Waals surface area contributed by atoms with Crippen molar-refractivity contribution in [3.8, 4) is 28.1 Å². The smallest absolute Gasteiger partial charge is 0.164 e. The third kappa shape index (κ3) is 5.07. The largest absolute Gasteiger partial charge is 0.504 e. The summed E-state index contributed by atoms with van der Waals surface area (Å²) in [7, 11) is 3.83. The Morgan fingerprint density at radius 3 is 2.28 bits per heavy atom. The molecule has 0 fully saturated rings. The van der Waals surface area contributed by atoms with E-state index in [1.54, 1.807) is 0 Å². The second kappa shape index (κ2) is 11.7. The summed E-state index contributed by atoms with van der Waals surface area (Å²) in [5, 5.41) is 12.0. The minimum absolute atomic E-state index is 0. The summed E-state index contributed by atoms with van der Waals surface area (Å²) in [6, 6.07) is 33.4. The molecule has 0 spiro atoms. The Hall–Kier alpha value is -4.47. The van der Waals surface area contributed by atoms with Gasteiger partial charge in [0, 0.05) is 52.4 Å². The molecule has 4 aromatic carbocycles. The molecule has 5 nitrogen and oxygen atoms in total. The maximum atomic E-state index is 11.1. The Morgan fingerprint density at radius 1 is 0.826 bits per heavy atom. The maximum absolute atomic E-state index is 11.1. The molecule has 0 aliphatic carbocycles. The summed E-state index contributed by atoms with van der Waals surface area (Å²) in [6.07, 6.45) is 1.91. The van der Waals surface area contributed by atoms with E-state index in [-0.39, 0.29) is 32.2 Å². The van der Waals surface area contributed by atoms with Crippen molar-refractivity contribution >= 4 is 33.8 Å². The molecule has 6 heteroatoms. The van der Waals surface area contributed by atoms with E-state index in [0.29, 0.717) is 5.52 Å². The Kier molecular flexibility index (Phi) is 8.02. The normalized spacial score (nSPS) is 13.2. The minimum atomic E-state index is -0.255. The van der Waals surface area contributed by atoms with Crippen molar-refractivity contribution in [1.82, 2.24) is 9.97 Å². The molecular weight excluding hydrogens is 748 g/mol. The number of hydrogen-bond acceptors (Lipinski definition) is 5. The zero-order valence-corrected chi connectivity index (χ0v) is 29.5. The molecule has 6 aromatic rings. The van der Waals surface area contributed by atoms with Crippen LogP contribution in [0.4, 0.5) is 22.9 Å². The number of anilines is 4. The van der Waals surface area contributed by atoms with Gasteiger partial charge >= 0.3 is 0 Å². The molecule has 0 saturated heterocycles. The van der Waals surface area contributed by atoms with Gasteiger partial charge in [-0.2, -0.15) is 0 Å². The van der Waals surface area contributed by atoms with Gasteiger partial charge in [-0.05, 0) is 89.7 Å². The number of hydrogen-bond donors (Lipinski definition) is 1. The van der Waals surface area contributed by atoms with Crippen LogP contribution in [0.2, 0.25) is 0 Å². The minimum Gasteiger partial charge on any atom is -0.504 e. The van der Waals surface area contributed by atoms with Crippen LogP contribution in [0.3, 0.4) is 0 Å². The SMILES string of the molecule is Cc1cc(C)c(-c2ccnc(N3c4[c-]c(-c5ccc6ccc(N(C)C)c(O)c6n5)ccc4C(C)(C)c4ccccc43)c2)c(C)c1.[Pt]. The van der Waals surface area contributed by atoms with Gasteiger partial charge < -0.3 is 14.9 Å². The average Bonchev–Trinajstić information content (AvgIpc) is 3.01. The van der Waals surface area contributed by atoms with E-state index in [2.05, 4.69) is 106 Å². The van der Waals surface area contributed by atoms with Crippen LogP contribution in [0.15, 0.2) is 91.1 Å². The van der Waals surface area contributed by atoms with Crippen molar-refractivity contribution in [1.29, 1.82) is 0 Å². The number of nitrogens with zero attached hydrogens (tertiary/aromatic N) is 4. The van der Waals surface area contributed by atoms with Crippen LogP contribution in [-0.2, 0) is 26.5 Å². The number of para-hydroxylation sites is 1. The fourth-order valence-electron chi connectivity index (χ4n) is 7.02. The average molecular weight is 785 g/mol. The molecule has 2 aromatic heterocycles. The van der Waals surface area contributed by atoms with Crippen LogP contribution < -0.4 is 9.80 Å². The van der Waals surface area contributed by atoms with Gasteiger partial charge in [-0.1, -0.05) is 73.5 Å². The molecule has 46 heavy (non-hydrogen) atoms. The van der Waals surface area contributed by atoms with E-state index in [0.717, 1.165) is 45.1 Å². The first kappa shape index (κ1) is 31.5. The Labute approximate surface area is 285 Å². The third-order valence-corrected chi connectivity index (χ3v) is 9.15. The maximum Gasteiger partial charge on any atom is 0.164 e. The molecule has 1 aliphatic rings. The summed E-state index contributed by atoms with van der Waals surface area (Å²) in [6.45, 7) is 11.0. The first-order valence-electron chi connectivity index (χ1n) is 15.4. The first-order valence-corrected chi connectivity index (χ1v) is 15.4. The molecule has 7 rings (SSSR count). The molecule has 1 aliphatic heterocycles. The standard InChI is InChI=1S/C40H37N4O.Pt/c1-24-20-25(2)37(26(3)21-24)29-18-19-41-36(23-29)44-33-11-9-8-10-30(33)40(4,5)31-15-12-28(22-35(31)44)32-16-13-27-14-17-34(43(6)7)39(45)38(27)42-32;/h8-21,23,45H,1-7H3;/q-1;. The summed E-state index contributed by atoms with van der Waals surface area (Å²) >= 11 is 0. The van der Waals surface area contributed by atoms with Crippen LogP contribution >= 0.6 is 0 Å². The van der Waals surface area contributed by atoms with Crippen molar-refractivity contribution in [3.05, 3.63) is 125 Å². The van der Waals surface area contributed by atoms with Gasteiger partial charge in [0.1, 0.15) is 11.3 Å². The number of fused-ring (bicyclic) bond motifs is 3. The van der Waals surface area contributed by atoms with Crippen molar-refractivity contribution in [2.45, 2.75) is 40.0 Å². The van der Waals surface area contributed by atoms with Crippen molar-refractivity contribution < 1.29 is 26.2 Å². The summed E-state index contributed by atoms with van der Waals surface area (Å²) in [4.78, 5) is 14.0. The second-order valence-electron chi connectivity index (χ2n) is 12.9. The van der Waals surface area contributed by atoms with Crippen molar-refractivity contribution in [2.75, 3.05) is 23.9 Å². The van der Waals surface area contributed by atoms with Gasteiger partial charge in [0.05, 0.1) is 5.69 Å². The number of aryl methyl sites for hydroxylation is 3. The number of rotatable bonds is 4. The van der Waals surface area contributed by atoms with Gasteiger partial charge in [0.25, 0.3) is 0 Å². The predicted molar refractivity (Wildman–Crippen MR) is 186 cm³/mol. The monoisotopic (exact) mass is 784 g/mol. The number of phenolic OH excluding ortho intramolecular Hbond substituents is 1. The van der Waals surface area contributed by atoms with Crippen molar-refractivity contribution in [2.24, 2.45) is 0 Å². The summed E-state index contributed by atoms with van der Waals surface area (Å²) < 4.78 is 0. The predicted octanol–water partition coefficient (Wildman–Crippen LogP) is 9.57. The summed E-state index contributed by atoms with van der Waals surface area (Å²) in [5.41, 5.74) is 13.2. The number of pyridine rings is 2. The first-order chi connectivity index (χ1) is 21.5. The number of aromatic nitrogens is 2. The van der Waals surface area contributed by atoms with E-state index >= 15 is 0 Å². The van der Waals surface area contributed by atoms with E-state index < -0.39 is 0 Å². The zero-order chi connectivity index (χ0) is 31.6. The van der Waals surface area contributed by atoms with Crippen LogP contribution in [0, 0.1) is 26.8 Å². The topological polar surface area (TPSA) is 52.5 Å². The van der Waals surface area contributed by atoms with Crippen LogP contribution in [0.1, 0.15) is 41.7 Å². The molecule has 0 saturated carbocycles. The molecule has 0 radical (unpaired) electrons. The van der Waals surface area contributed by atoms with E-state index in [1.807, 2.05) is 49.5 Å². The quantitative estimate of drug-likeness (QED) is 0.181. The molecule has 0 atom stereocenters. The van der Waals surface area contributed by atoms with Crippen LogP contribution in [-0.4, -0.2) is 29.2 Å². The van der Waals surface area contributed by atoms with E-state index in [1.165, 1.54) is 33.4 Å². The van der Waals surface area contributed by atoms with Gasteiger partial charge in [0.15, 0.2) is 5.75 Å². The summed E-state index contributed by atoms with van der Waals surface area (Å²) in [5.74, 6) is 1.01. The third-order valence-electron chi connectivity index (χ3n) is 9.15. The van der Waals surface area contributed by atoms with Gasteiger partial charge in [-0.15, -0.1) is 23.8 Å². The van der Waals surface area contributed by atoms with Crippen LogP contribution in [0.25, 0.3) is 33.3 Å². The molecule has 1 N–H and O–H groups in total.